The van der Waals surface area contributed by atoms with Crippen molar-refractivity contribution in [3.63, 3.8) is 0 Å². The molecule has 0 saturated heterocycles. The second-order valence-corrected chi connectivity index (χ2v) is 5.89. The van der Waals surface area contributed by atoms with Crippen LogP contribution in [0.3, 0.4) is 0 Å². The quantitative estimate of drug-likeness (QED) is 0.638. The van der Waals surface area contributed by atoms with Crippen LogP contribution in [0.5, 0.6) is 0 Å². The third-order valence-corrected chi connectivity index (χ3v) is 4.79. The lowest BCUT2D eigenvalue weighted by Crippen LogP contribution is -2.27. The van der Waals surface area contributed by atoms with Gasteiger partial charge in [-0.1, -0.05) is 0 Å². The van der Waals surface area contributed by atoms with Gasteiger partial charge < -0.3 is 0 Å². The second kappa shape index (κ2) is 4.23. The minimum absolute atomic E-state index is 0.0332. The van der Waals surface area contributed by atoms with Gasteiger partial charge in [0, 0.05) is 44.6 Å². The normalized spacial score (nSPS) is 23.2. The van der Waals surface area contributed by atoms with Crippen LogP contribution in [0.25, 0.3) is 0 Å². The second-order valence-electron chi connectivity index (χ2n) is 2.41. The van der Waals surface area contributed by atoms with Gasteiger partial charge in [0.15, 0.2) is 0 Å². The minimum Gasteiger partial charge on any atom is -0.260 e. The van der Waals surface area contributed by atoms with Gasteiger partial charge in [0.05, 0.1) is 0 Å². The van der Waals surface area contributed by atoms with Crippen LogP contribution in [0, 0.1) is 0 Å². The Kier molecular flexibility index (Phi) is 4.36. The highest BCUT2D eigenvalue weighted by Crippen LogP contribution is 2.05. The van der Waals surface area contributed by atoms with Crippen molar-refractivity contribution >= 4 is 21.6 Å². The van der Waals surface area contributed by atoms with Crippen LogP contribution >= 0.6 is 0 Å². The summed E-state index contributed by atoms with van der Waals surface area (Å²) in [5.41, 5.74) is 0. The summed E-state index contributed by atoms with van der Waals surface area (Å²) in [6.45, 7) is 3.73. The van der Waals surface area contributed by atoms with E-state index in [-0.39, 0.29) is 10.5 Å². The Balaban J connectivity index is 4.07. The molecule has 0 N–H and O–H groups in total. The summed E-state index contributed by atoms with van der Waals surface area (Å²) < 4.78 is 21.7. The van der Waals surface area contributed by atoms with Crippen LogP contribution in [0.15, 0.2) is 0 Å². The molecule has 10 heavy (non-hydrogen) atoms. The summed E-state index contributed by atoms with van der Waals surface area (Å²) in [4.78, 5) is 0. The number of hydrogen-bond acceptors (Lipinski definition) is 2. The molecule has 4 unspecified atom stereocenters. The molecule has 0 aliphatic heterocycles. The Bertz CT molecular complexity index is 138. The molecule has 0 saturated carbocycles. The molecule has 0 aromatic heterocycles. The van der Waals surface area contributed by atoms with Crippen molar-refractivity contribution in [1.82, 2.24) is 0 Å². The molecule has 4 heteroatoms. The predicted octanol–water partition coefficient (Wildman–Crippen LogP) is 0.520. The lowest BCUT2D eigenvalue weighted by molar-refractivity contribution is 0.661. The van der Waals surface area contributed by atoms with Crippen molar-refractivity contribution in [3.8, 4) is 0 Å². The Morgan fingerprint density at radius 3 is 1.20 bits per heavy atom. The monoisotopic (exact) mass is 182 g/mol. The van der Waals surface area contributed by atoms with E-state index in [1.54, 1.807) is 12.5 Å². The summed E-state index contributed by atoms with van der Waals surface area (Å²) in [5.74, 6) is 0. The SMILES string of the molecule is CC(C(C)S(C)=O)S(C)=O. The van der Waals surface area contributed by atoms with Gasteiger partial charge in [-0.3, -0.25) is 8.42 Å². The Labute approximate surface area is 67.3 Å². The maximum atomic E-state index is 10.9. The van der Waals surface area contributed by atoms with Crippen LogP contribution in [-0.4, -0.2) is 31.4 Å². The molecule has 0 rings (SSSR count). The highest BCUT2D eigenvalue weighted by atomic mass is 32.2. The van der Waals surface area contributed by atoms with E-state index in [1.807, 2.05) is 13.8 Å². The fourth-order valence-corrected chi connectivity index (χ4v) is 2.56. The van der Waals surface area contributed by atoms with Gasteiger partial charge in [-0.2, -0.15) is 0 Å². The average Bonchev–Trinajstić information content (AvgIpc) is 1.84. The Morgan fingerprint density at radius 1 is 0.900 bits per heavy atom. The highest BCUT2D eigenvalue weighted by molar-refractivity contribution is 7.88. The van der Waals surface area contributed by atoms with Crippen molar-refractivity contribution in [2.75, 3.05) is 12.5 Å². The molecular weight excluding hydrogens is 168 g/mol. The van der Waals surface area contributed by atoms with Crippen LogP contribution in [0.2, 0.25) is 0 Å². The standard InChI is InChI=1S/C6H14O2S2/c1-5(9(3)7)6(2)10(4)8/h5-6H,1-4H3. The molecule has 0 aliphatic rings. The molecule has 0 aromatic carbocycles. The van der Waals surface area contributed by atoms with E-state index in [0.717, 1.165) is 0 Å². The van der Waals surface area contributed by atoms with E-state index < -0.39 is 21.6 Å². The fraction of sp³-hybridized carbons (Fsp3) is 1.00. The van der Waals surface area contributed by atoms with Gasteiger partial charge in [0.2, 0.25) is 0 Å². The zero-order valence-corrected chi connectivity index (χ0v) is 8.42. The van der Waals surface area contributed by atoms with Gasteiger partial charge in [-0.05, 0) is 13.8 Å². The third kappa shape index (κ3) is 2.92. The summed E-state index contributed by atoms with van der Waals surface area (Å²) in [7, 11) is -1.71. The summed E-state index contributed by atoms with van der Waals surface area (Å²) in [6.07, 6.45) is 3.29. The zero-order chi connectivity index (χ0) is 8.31. The Hall–Kier alpha value is 0.300. The van der Waals surface area contributed by atoms with E-state index in [1.165, 1.54) is 0 Å². The van der Waals surface area contributed by atoms with Crippen LogP contribution < -0.4 is 0 Å². The summed E-state index contributed by atoms with van der Waals surface area (Å²) in [6, 6.07) is 0. The predicted molar refractivity (Wildman–Crippen MR) is 47.1 cm³/mol. The third-order valence-electron chi connectivity index (χ3n) is 1.71. The van der Waals surface area contributed by atoms with E-state index in [4.69, 9.17) is 0 Å². The number of hydrogen-bond donors (Lipinski definition) is 0. The largest absolute Gasteiger partial charge is 0.260 e. The van der Waals surface area contributed by atoms with Gasteiger partial charge >= 0.3 is 0 Å². The molecular formula is C6H14O2S2. The maximum Gasteiger partial charge on any atom is 0.0457 e. The molecule has 2 nitrogen and oxygen atoms in total. The molecule has 0 aromatic rings. The van der Waals surface area contributed by atoms with Crippen LogP contribution in [0.1, 0.15) is 13.8 Å². The first-order chi connectivity index (χ1) is 4.46. The molecule has 0 heterocycles. The first-order valence-electron chi connectivity index (χ1n) is 3.11. The van der Waals surface area contributed by atoms with E-state index in [0.29, 0.717) is 0 Å². The van der Waals surface area contributed by atoms with Crippen molar-refractivity contribution in [2.24, 2.45) is 0 Å². The summed E-state index contributed by atoms with van der Waals surface area (Å²) in [5, 5.41) is 0.0664. The zero-order valence-electron chi connectivity index (χ0n) is 6.79. The molecule has 0 aliphatic carbocycles. The van der Waals surface area contributed by atoms with Crippen LogP contribution in [0.4, 0.5) is 0 Å². The minimum atomic E-state index is -0.854. The lowest BCUT2D eigenvalue weighted by atomic mass is 10.4. The van der Waals surface area contributed by atoms with Gasteiger partial charge in [-0.15, -0.1) is 0 Å². The van der Waals surface area contributed by atoms with Crippen molar-refractivity contribution in [3.05, 3.63) is 0 Å². The molecule has 4 atom stereocenters. The average molecular weight is 182 g/mol. The first-order valence-corrected chi connectivity index (χ1v) is 6.35. The van der Waals surface area contributed by atoms with Gasteiger partial charge in [0.1, 0.15) is 0 Å². The fourth-order valence-electron chi connectivity index (χ4n) is 0.540. The molecule has 0 fully saturated rings. The maximum absolute atomic E-state index is 10.9. The first kappa shape index (κ1) is 10.3. The van der Waals surface area contributed by atoms with Crippen molar-refractivity contribution in [2.45, 2.75) is 24.3 Å². The van der Waals surface area contributed by atoms with Crippen molar-refractivity contribution in [1.29, 1.82) is 0 Å². The Morgan fingerprint density at radius 2 is 1.10 bits per heavy atom. The van der Waals surface area contributed by atoms with E-state index >= 15 is 0 Å². The van der Waals surface area contributed by atoms with Gasteiger partial charge in [-0.25, -0.2) is 0 Å². The van der Waals surface area contributed by atoms with Crippen LogP contribution in [-0.2, 0) is 21.6 Å². The van der Waals surface area contributed by atoms with Gasteiger partial charge in [0.25, 0.3) is 0 Å². The molecule has 0 amide bonds. The lowest BCUT2D eigenvalue weighted by Gasteiger charge is -2.13. The summed E-state index contributed by atoms with van der Waals surface area (Å²) >= 11 is 0. The molecule has 0 spiro atoms. The van der Waals surface area contributed by atoms with Crippen molar-refractivity contribution < 1.29 is 8.42 Å². The van der Waals surface area contributed by atoms with E-state index in [9.17, 15) is 8.42 Å². The molecule has 0 radical (unpaired) electrons. The molecule has 0 bridgehead atoms. The highest BCUT2D eigenvalue weighted by Gasteiger charge is 2.18. The topological polar surface area (TPSA) is 34.1 Å². The smallest absolute Gasteiger partial charge is 0.0457 e. The molecule has 62 valence electrons. The number of rotatable bonds is 3. The van der Waals surface area contributed by atoms with E-state index in [2.05, 4.69) is 0 Å².